The van der Waals surface area contributed by atoms with Crippen LogP contribution in [0.2, 0.25) is 0 Å². The van der Waals surface area contributed by atoms with E-state index in [2.05, 4.69) is 4.84 Å². The van der Waals surface area contributed by atoms with E-state index in [9.17, 15) is 22.8 Å². The second-order valence-corrected chi connectivity index (χ2v) is 4.50. The topological polar surface area (TPSA) is 75.6 Å². The summed E-state index contributed by atoms with van der Waals surface area (Å²) in [5.74, 6) is -3.59. The molecule has 5 nitrogen and oxygen atoms in total. The van der Waals surface area contributed by atoms with Gasteiger partial charge in [-0.2, -0.15) is 13.2 Å². The fourth-order valence-corrected chi connectivity index (χ4v) is 2.12. The molecule has 0 aromatic heterocycles. The first kappa shape index (κ1) is 14.7. The Morgan fingerprint density at radius 3 is 2.39 bits per heavy atom. The van der Waals surface area contributed by atoms with Gasteiger partial charge in [-0.1, -0.05) is 6.92 Å². The number of aliphatic carboxylic acids is 1. The molecule has 1 aliphatic rings. The van der Waals surface area contributed by atoms with E-state index in [1.165, 1.54) is 0 Å². The average molecular weight is 269 g/mol. The van der Waals surface area contributed by atoms with Gasteiger partial charge in [-0.3, -0.25) is 14.4 Å². The van der Waals surface area contributed by atoms with Crippen LogP contribution < -0.4 is 5.48 Å². The highest BCUT2D eigenvalue weighted by molar-refractivity contribution is 5.84. The fraction of sp³-hybridized carbons (Fsp3) is 0.800. The van der Waals surface area contributed by atoms with Crippen molar-refractivity contribution in [2.45, 2.75) is 25.9 Å². The van der Waals surface area contributed by atoms with Crippen LogP contribution in [0.3, 0.4) is 0 Å². The Hall–Kier alpha value is -1.31. The minimum Gasteiger partial charge on any atom is -0.481 e. The summed E-state index contributed by atoms with van der Waals surface area (Å²) in [6.45, 7) is 0.193. The Labute approximate surface area is 101 Å². The maximum atomic E-state index is 11.8. The van der Waals surface area contributed by atoms with Crippen molar-refractivity contribution in [3.8, 4) is 0 Å². The summed E-state index contributed by atoms with van der Waals surface area (Å²) in [6.07, 6.45) is -3.87. The molecule has 1 aliphatic carbocycles. The van der Waals surface area contributed by atoms with Crippen LogP contribution in [0.1, 0.15) is 19.8 Å². The molecule has 1 saturated carbocycles. The summed E-state index contributed by atoms with van der Waals surface area (Å²) in [5, 5.41) is 8.90. The monoisotopic (exact) mass is 269 g/mol. The minimum absolute atomic E-state index is 0.0458. The zero-order valence-corrected chi connectivity index (χ0v) is 9.66. The van der Waals surface area contributed by atoms with E-state index < -0.39 is 36.5 Å². The number of carboxylic acid groups (broad SMARTS) is 1. The molecule has 0 aromatic rings. The van der Waals surface area contributed by atoms with Crippen LogP contribution in [0.15, 0.2) is 0 Å². The first-order valence-electron chi connectivity index (χ1n) is 5.42. The Balaban J connectivity index is 2.48. The molecule has 1 unspecified atom stereocenters. The molecule has 0 aromatic carbocycles. The second kappa shape index (κ2) is 5.55. The van der Waals surface area contributed by atoms with Crippen LogP contribution in [0.25, 0.3) is 0 Å². The maximum absolute atomic E-state index is 11.8. The Kier molecular flexibility index (Phi) is 4.55. The standard InChI is InChI=1S/C10H14F3NO4/c1-5-2-6(7(3-5)9(16)17)8(15)14-18-4-10(11,12)13/h5-7H,2-4H2,1H3,(H,14,15)(H,16,17)/t5?,6-,7+/m0/s1. The molecule has 0 bridgehead atoms. The smallest absolute Gasteiger partial charge is 0.414 e. The third-order valence-electron chi connectivity index (χ3n) is 2.86. The molecule has 8 heteroatoms. The Morgan fingerprint density at radius 1 is 1.33 bits per heavy atom. The van der Waals surface area contributed by atoms with Gasteiger partial charge in [0.05, 0.1) is 11.8 Å². The summed E-state index contributed by atoms with van der Waals surface area (Å²) >= 11 is 0. The predicted octanol–water partition coefficient (Wildman–Crippen LogP) is 1.34. The number of carbonyl (C=O) groups is 2. The van der Waals surface area contributed by atoms with Gasteiger partial charge in [0.15, 0.2) is 6.61 Å². The third kappa shape index (κ3) is 4.17. The largest absolute Gasteiger partial charge is 0.481 e. The van der Waals surface area contributed by atoms with Crippen LogP contribution in [0, 0.1) is 17.8 Å². The average Bonchev–Trinajstić information content (AvgIpc) is 2.58. The molecule has 0 spiro atoms. The number of hydrogen-bond donors (Lipinski definition) is 2. The molecule has 0 aliphatic heterocycles. The lowest BCUT2D eigenvalue weighted by Gasteiger charge is -2.15. The number of amides is 1. The molecule has 0 saturated heterocycles. The van der Waals surface area contributed by atoms with Gasteiger partial charge in [0, 0.05) is 0 Å². The van der Waals surface area contributed by atoms with Gasteiger partial charge in [0.25, 0.3) is 0 Å². The highest BCUT2D eigenvalue weighted by Crippen LogP contribution is 2.36. The van der Waals surface area contributed by atoms with Crippen molar-refractivity contribution in [1.82, 2.24) is 5.48 Å². The Bertz CT molecular complexity index is 332. The molecular formula is C10H14F3NO4. The SMILES string of the molecule is CC1C[C@H](C(=O)NOCC(F)(F)F)[C@H](C(=O)O)C1. The van der Waals surface area contributed by atoms with E-state index in [1.807, 2.05) is 0 Å². The molecular weight excluding hydrogens is 255 g/mol. The number of rotatable bonds is 4. The van der Waals surface area contributed by atoms with Crippen molar-refractivity contribution in [3.05, 3.63) is 0 Å². The van der Waals surface area contributed by atoms with Gasteiger partial charge in [0.1, 0.15) is 0 Å². The number of nitrogens with one attached hydrogen (secondary N) is 1. The number of hydrogen-bond acceptors (Lipinski definition) is 3. The second-order valence-electron chi connectivity index (χ2n) is 4.50. The van der Waals surface area contributed by atoms with Crippen molar-refractivity contribution in [1.29, 1.82) is 0 Å². The van der Waals surface area contributed by atoms with E-state index in [-0.39, 0.29) is 5.92 Å². The van der Waals surface area contributed by atoms with Gasteiger partial charge in [-0.05, 0) is 18.8 Å². The van der Waals surface area contributed by atoms with Gasteiger partial charge < -0.3 is 5.11 Å². The molecule has 0 radical (unpaired) electrons. The van der Waals surface area contributed by atoms with Crippen LogP contribution in [0.4, 0.5) is 13.2 Å². The van der Waals surface area contributed by atoms with Crippen molar-refractivity contribution < 1.29 is 32.7 Å². The van der Waals surface area contributed by atoms with Gasteiger partial charge in [-0.15, -0.1) is 0 Å². The summed E-state index contributed by atoms with van der Waals surface area (Å²) in [4.78, 5) is 26.4. The molecule has 1 rings (SSSR count). The van der Waals surface area contributed by atoms with Crippen molar-refractivity contribution in [3.63, 3.8) is 0 Å². The van der Waals surface area contributed by atoms with Gasteiger partial charge in [0.2, 0.25) is 5.91 Å². The van der Waals surface area contributed by atoms with Crippen LogP contribution >= 0.6 is 0 Å². The summed E-state index contributed by atoms with van der Waals surface area (Å²) in [7, 11) is 0. The van der Waals surface area contributed by atoms with Crippen LogP contribution in [-0.4, -0.2) is 29.8 Å². The van der Waals surface area contributed by atoms with Gasteiger partial charge >= 0.3 is 12.1 Å². The van der Waals surface area contributed by atoms with E-state index >= 15 is 0 Å². The lowest BCUT2D eigenvalue weighted by atomic mass is 9.96. The van der Waals surface area contributed by atoms with E-state index in [0.29, 0.717) is 12.8 Å². The number of halogens is 3. The first-order valence-corrected chi connectivity index (χ1v) is 5.42. The van der Waals surface area contributed by atoms with Crippen molar-refractivity contribution >= 4 is 11.9 Å². The van der Waals surface area contributed by atoms with Gasteiger partial charge in [-0.25, -0.2) is 5.48 Å². The number of alkyl halides is 3. The number of carboxylic acids is 1. The quantitative estimate of drug-likeness (QED) is 0.755. The van der Waals surface area contributed by atoms with Crippen LogP contribution in [-0.2, 0) is 14.4 Å². The summed E-state index contributed by atoms with van der Waals surface area (Å²) in [5.41, 5.74) is 1.66. The lowest BCUT2D eigenvalue weighted by Crippen LogP contribution is -2.37. The predicted molar refractivity (Wildman–Crippen MR) is 53.2 cm³/mol. The number of hydroxylamine groups is 1. The molecule has 1 amide bonds. The molecule has 3 atom stereocenters. The Morgan fingerprint density at radius 2 is 1.89 bits per heavy atom. The summed E-state index contributed by atoms with van der Waals surface area (Å²) in [6, 6.07) is 0. The van der Waals surface area contributed by atoms with Crippen LogP contribution in [0.5, 0.6) is 0 Å². The zero-order valence-electron chi connectivity index (χ0n) is 9.66. The highest BCUT2D eigenvalue weighted by atomic mass is 19.4. The molecule has 18 heavy (non-hydrogen) atoms. The zero-order chi connectivity index (χ0) is 13.9. The molecule has 1 fully saturated rings. The van der Waals surface area contributed by atoms with E-state index in [1.54, 1.807) is 12.4 Å². The first-order chi connectivity index (χ1) is 8.20. The normalized spacial score (nSPS) is 28.1. The van der Waals surface area contributed by atoms with Crippen molar-refractivity contribution in [2.24, 2.45) is 17.8 Å². The maximum Gasteiger partial charge on any atom is 0.414 e. The molecule has 104 valence electrons. The molecule has 0 heterocycles. The third-order valence-corrected chi connectivity index (χ3v) is 2.86. The summed E-state index contributed by atoms with van der Waals surface area (Å²) < 4.78 is 35.3. The highest BCUT2D eigenvalue weighted by Gasteiger charge is 2.41. The minimum atomic E-state index is -4.54. The lowest BCUT2D eigenvalue weighted by molar-refractivity contribution is -0.193. The van der Waals surface area contributed by atoms with E-state index in [4.69, 9.17) is 5.11 Å². The fourth-order valence-electron chi connectivity index (χ4n) is 2.12. The van der Waals surface area contributed by atoms with E-state index in [0.717, 1.165) is 0 Å². The van der Waals surface area contributed by atoms with Crippen molar-refractivity contribution in [2.75, 3.05) is 6.61 Å². The number of carbonyl (C=O) groups excluding carboxylic acids is 1. The molecule has 2 N–H and O–H groups in total.